The van der Waals surface area contributed by atoms with E-state index in [9.17, 15) is 0 Å². The van der Waals surface area contributed by atoms with Gasteiger partial charge in [-0.2, -0.15) is 0 Å². The molecule has 0 atom stereocenters. The fraction of sp³-hybridized carbons (Fsp3) is 0.333. The van der Waals surface area contributed by atoms with E-state index < -0.39 is 0 Å². The molecule has 64 valence electrons. The van der Waals surface area contributed by atoms with Gasteiger partial charge in [0.15, 0.2) is 0 Å². The Labute approximate surface area is 74.8 Å². The summed E-state index contributed by atoms with van der Waals surface area (Å²) in [6.07, 6.45) is 0. The van der Waals surface area contributed by atoms with Crippen LogP contribution in [0.25, 0.3) is 0 Å². The molecular formula is C9H16ClN. The van der Waals surface area contributed by atoms with Crippen molar-refractivity contribution in [3.63, 3.8) is 0 Å². The van der Waals surface area contributed by atoms with Crippen LogP contribution in [-0.2, 0) is 0 Å². The molecule has 0 unspecified atom stereocenters. The van der Waals surface area contributed by atoms with Crippen molar-refractivity contribution in [2.75, 3.05) is 0 Å². The fourth-order valence-electron chi connectivity index (χ4n) is 0.898. The second-order valence-electron chi connectivity index (χ2n) is 2.52. The molecule has 1 rings (SSSR count). The van der Waals surface area contributed by atoms with Crippen molar-refractivity contribution in [1.82, 2.24) is 6.15 Å². The van der Waals surface area contributed by atoms with Gasteiger partial charge in [0.25, 0.3) is 0 Å². The van der Waals surface area contributed by atoms with Gasteiger partial charge in [-0.1, -0.05) is 18.2 Å². The van der Waals surface area contributed by atoms with E-state index in [1.165, 1.54) is 16.7 Å². The molecule has 11 heavy (non-hydrogen) atoms. The molecular weight excluding hydrogens is 158 g/mol. The lowest BCUT2D eigenvalue weighted by Gasteiger charge is -2.00. The summed E-state index contributed by atoms with van der Waals surface area (Å²) < 4.78 is 0. The van der Waals surface area contributed by atoms with Crippen LogP contribution < -0.4 is 6.15 Å². The standard InChI is InChI=1S/C9H12.ClH.H3N/c1-7-5-4-6-8(2)9(7)3;;/h4-6H,1-3H3;1H;1H3. The first-order valence-corrected chi connectivity index (χ1v) is 3.24. The van der Waals surface area contributed by atoms with Crippen LogP contribution in [-0.4, -0.2) is 0 Å². The molecule has 0 aromatic heterocycles. The van der Waals surface area contributed by atoms with Crippen LogP contribution >= 0.6 is 12.4 Å². The van der Waals surface area contributed by atoms with E-state index in [0.29, 0.717) is 0 Å². The summed E-state index contributed by atoms with van der Waals surface area (Å²) >= 11 is 0. The van der Waals surface area contributed by atoms with Gasteiger partial charge in [0, 0.05) is 0 Å². The molecule has 0 spiro atoms. The second-order valence-corrected chi connectivity index (χ2v) is 2.52. The molecule has 1 nitrogen and oxygen atoms in total. The highest BCUT2D eigenvalue weighted by molar-refractivity contribution is 5.85. The maximum Gasteiger partial charge on any atom is -0.0392 e. The number of rotatable bonds is 0. The van der Waals surface area contributed by atoms with E-state index in [0.717, 1.165) is 0 Å². The second kappa shape index (κ2) is 5.16. The molecule has 0 saturated heterocycles. The minimum atomic E-state index is 0. The van der Waals surface area contributed by atoms with Gasteiger partial charge in [0.2, 0.25) is 0 Å². The van der Waals surface area contributed by atoms with Gasteiger partial charge in [-0.15, -0.1) is 12.4 Å². The molecule has 0 aliphatic rings. The first-order chi connectivity index (χ1) is 4.22. The van der Waals surface area contributed by atoms with Gasteiger partial charge in [-0.3, -0.25) is 0 Å². The Kier molecular flexibility index (Phi) is 6.14. The summed E-state index contributed by atoms with van der Waals surface area (Å²) in [5, 5.41) is 0. The van der Waals surface area contributed by atoms with Crippen molar-refractivity contribution in [3.05, 3.63) is 34.9 Å². The number of benzene rings is 1. The topological polar surface area (TPSA) is 35.0 Å². The van der Waals surface area contributed by atoms with Crippen molar-refractivity contribution in [1.29, 1.82) is 0 Å². The summed E-state index contributed by atoms with van der Waals surface area (Å²) in [6.45, 7) is 6.44. The third kappa shape index (κ3) is 2.91. The maximum absolute atomic E-state index is 2.16. The smallest absolute Gasteiger partial charge is 0.0392 e. The van der Waals surface area contributed by atoms with E-state index in [1.807, 2.05) is 0 Å². The predicted octanol–water partition coefficient (Wildman–Crippen LogP) is 3.20. The Balaban J connectivity index is 0. The third-order valence-electron chi connectivity index (χ3n) is 1.88. The monoisotopic (exact) mass is 173 g/mol. The van der Waals surface area contributed by atoms with Crippen molar-refractivity contribution in [2.24, 2.45) is 0 Å². The third-order valence-corrected chi connectivity index (χ3v) is 1.88. The summed E-state index contributed by atoms with van der Waals surface area (Å²) in [6, 6.07) is 6.38. The predicted molar refractivity (Wildman–Crippen MR) is 52.9 cm³/mol. The minimum absolute atomic E-state index is 0. The highest BCUT2D eigenvalue weighted by Crippen LogP contribution is 2.09. The molecule has 1 aromatic carbocycles. The zero-order chi connectivity index (χ0) is 6.85. The van der Waals surface area contributed by atoms with Crippen LogP contribution in [0.4, 0.5) is 0 Å². The Morgan fingerprint density at radius 1 is 0.909 bits per heavy atom. The highest BCUT2D eigenvalue weighted by atomic mass is 35.5. The van der Waals surface area contributed by atoms with Crippen LogP contribution in [0.1, 0.15) is 16.7 Å². The molecule has 0 amide bonds. The molecule has 0 aliphatic carbocycles. The maximum atomic E-state index is 2.16. The number of hydrogen-bond donors (Lipinski definition) is 1. The first-order valence-electron chi connectivity index (χ1n) is 3.24. The Hall–Kier alpha value is -0.530. The Morgan fingerprint density at radius 2 is 1.27 bits per heavy atom. The lowest BCUT2D eigenvalue weighted by Crippen LogP contribution is -1.82. The number of hydrogen-bond acceptors (Lipinski definition) is 1. The SMILES string of the molecule is Cc1cccc(C)c1C.Cl.N. The van der Waals surface area contributed by atoms with Crippen molar-refractivity contribution >= 4 is 12.4 Å². The van der Waals surface area contributed by atoms with Gasteiger partial charge in [-0.25, -0.2) is 0 Å². The average molecular weight is 174 g/mol. The van der Waals surface area contributed by atoms with Crippen LogP contribution in [0.15, 0.2) is 18.2 Å². The molecule has 2 heteroatoms. The van der Waals surface area contributed by atoms with Crippen LogP contribution in [0.5, 0.6) is 0 Å². The molecule has 0 saturated carbocycles. The zero-order valence-corrected chi connectivity index (χ0v) is 8.16. The number of aryl methyl sites for hydroxylation is 2. The summed E-state index contributed by atoms with van der Waals surface area (Å²) in [5.74, 6) is 0. The van der Waals surface area contributed by atoms with E-state index in [1.54, 1.807) is 0 Å². The minimum Gasteiger partial charge on any atom is -0.344 e. The molecule has 1 aromatic rings. The van der Waals surface area contributed by atoms with Crippen LogP contribution in [0.2, 0.25) is 0 Å². The van der Waals surface area contributed by atoms with Gasteiger partial charge in [0.1, 0.15) is 0 Å². The molecule has 0 heterocycles. The Bertz CT molecular complexity index is 201. The van der Waals surface area contributed by atoms with E-state index in [2.05, 4.69) is 39.0 Å². The zero-order valence-electron chi connectivity index (χ0n) is 7.35. The van der Waals surface area contributed by atoms with E-state index in [4.69, 9.17) is 0 Å². The average Bonchev–Trinajstić information content (AvgIpc) is 1.83. The lowest BCUT2D eigenvalue weighted by molar-refractivity contribution is 1.27. The van der Waals surface area contributed by atoms with Gasteiger partial charge in [0.05, 0.1) is 0 Å². The van der Waals surface area contributed by atoms with Crippen LogP contribution in [0, 0.1) is 20.8 Å². The fourth-order valence-corrected chi connectivity index (χ4v) is 0.898. The van der Waals surface area contributed by atoms with E-state index in [-0.39, 0.29) is 18.6 Å². The Morgan fingerprint density at radius 3 is 1.55 bits per heavy atom. The van der Waals surface area contributed by atoms with E-state index >= 15 is 0 Å². The summed E-state index contributed by atoms with van der Waals surface area (Å²) in [5.41, 5.74) is 4.18. The lowest BCUT2D eigenvalue weighted by atomic mass is 10.1. The number of halogens is 1. The molecule has 0 fully saturated rings. The molecule has 0 radical (unpaired) electrons. The van der Waals surface area contributed by atoms with Gasteiger partial charge < -0.3 is 6.15 Å². The van der Waals surface area contributed by atoms with Crippen molar-refractivity contribution in [2.45, 2.75) is 20.8 Å². The summed E-state index contributed by atoms with van der Waals surface area (Å²) in [7, 11) is 0. The first kappa shape index (κ1) is 13.1. The van der Waals surface area contributed by atoms with Gasteiger partial charge >= 0.3 is 0 Å². The van der Waals surface area contributed by atoms with Crippen molar-refractivity contribution < 1.29 is 0 Å². The normalized spacial score (nSPS) is 7.91. The highest BCUT2D eigenvalue weighted by Gasteiger charge is 1.91. The molecule has 3 N–H and O–H groups in total. The largest absolute Gasteiger partial charge is 0.344 e. The summed E-state index contributed by atoms with van der Waals surface area (Å²) in [4.78, 5) is 0. The molecule has 0 bridgehead atoms. The van der Waals surface area contributed by atoms with Gasteiger partial charge in [-0.05, 0) is 37.5 Å². The molecule has 0 aliphatic heterocycles. The van der Waals surface area contributed by atoms with Crippen molar-refractivity contribution in [3.8, 4) is 0 Å². The quantitative estimate of drug-likeness (QED) is 0.643. The van der Waals surface area contributed by atoms with Crippen LogP contribution in [0.3, 0.4) is 0 Å².